The molecule has 0 spiro atoms. The Morgan fingerprint density at radius 2 is 2.31 bits per heavy atom. The van der Waals surface area contributed by atoms with Gasteiger partial charge in [0.15, 0.2) is 0 Å². The van der Waals surface area contributed by atoms with Crippen LogP contribution >= 0.6 is 11.6 Å². The fourth-order valence-corrected chi connectivity index (χ4v) is 1.69. The summed E-state index contributed by atoms with van der Waals surface area (Å²) in [6.07, 6.45) is 1.29. The molecule has 0 radical (unpaired) electrons. The van der Waals surface area contributed by atoms with Crippen molar-refractivity contribution < 1.29 is 5.11 Å². The third kappa shape index (κ3) is 1.82. The lowest BCUT2D eigenvalue weighted by atomic mass is 10.0. The fraction of sp³-hybridized carbons (Fsp3) is 0.444. The quantitative estimate of drug-likeness (QED) is 0.701. The molecule has 1 aliphatic rings. The van der Waals surface area contributed by atoms with E-state index in [2.05, 4.69) is 10.3 Å². The number of hydrogen-bond donors (Lipinski definition) is 2. The topological polar surface area (TPSA) is 45.1 Å². The van der Waals surface area contributed by atoms with E-state index in [0.717, 1.165) is 12.2 Å². The zero-order chi connectivity index (χ0) is 9.26. The number of aromatic nitrogens is 1. The predicted molar refractivity (Wildman–Crippen MR) is 50.9 cm³/mol. The van der Waals surface area contributed by atoms with Crippen LogP contribution in [-0.2, 0) is 0 Å². The molecule has 2 atom stereocenters. The molecule has 0 saturated carbocycles. The number of nitrogens with one attached hydrogen (secondary N) is 1. The van der Waals surface area contributed by atoms with Gasteiger partial charge in [0.05, 0.1) is 11.1 Å². The van der Waals surface area contributed by atoms with Crippen LogP contribution in [0.4, 0.5) is 0 Å². The first-order valence-corrected chi connectivity index (χ1v) is 4.65. The van der Waals surface area contributed by atoms with Crippen molar-refractivity contribution in [1.29, 1.82) is 0 Å². The Hall–Kier alpha value is -0.640. The highest BCUT2D eigenvalue weighted by Gasteiger charge is 2.27. The lowest BCUT2D eigenvalue weighted by Crippen LogP contribution is -2.16. The molecule has 2 heterocycles. The van der Waals surface area contributed by atoms with Gasteiger partial charge in [-0.2, -0.15) is 0 Å². The fourth-order valence-electron chi connectivity index (χ4n) is 1.57. The molecular weight excluding hydrogens is 188 g/mol. The van der Waals surface area contributed by atoms with E-state index >= 15 is 0 Å². The average Bonchev–Trinajstić information content (AvgIpc) is 2.53. The van der Waals surface area contributed by atoms with Crippen molar-refractivity contribution >= 4 is 11.6 Å². The smallest absolute Gasteiger partial charge is 0.0760 e. The van der Waals surface area contributed by atoms with Crippen molar-refractivity contribution in [2.45, 2.75) is 12.0 Å². The van der Waals surface area contributed by atoms with Crippen molar-refractivity contribution in [2.75, 3.05) is 13.1 Å². The Balaban J connectivity index is 2.20. The average molecular weight is 199 g/mol. The highest BCUT2D eigenvalue weighted by molar-refractivity contribution is 6.30. The summed E-state index contributed by atoms with van der Waals surface area (Å²) < 4.78 is 0. The molecule has 70 valence electrons. The van der Waals surface area contributed by atoms with Crippen molar-refractivity contribution in [3.05, 3.63) is 29.0 Å². The van der Waals surface area contributed by atoms with Gasteiger partial charge in [0, 0.05) is 30.9 Å². The number of nitrogens with zero attached hydrogens (tertiary/aromatic N) is 1. The van der Waals surface area contributed by atoms with E-state index in [9.17, 15) is 5.11 Å². The summed E-state index contributed by atoms with van der Waals surface area (Å²) in [6.45, 7) is 1.44. The Labute approximate surface area is 81.8 Å². The highest BCUT2D eigenvalue weighted by Crippen LogP contribution is 2.21. The number of pyridine rings is 1. The van der Waals surface area contributed by atoms with Gasteiger partial charge in [-0.05, 0) is 12.1 Å². The molecule has 3 nitrogen and oxygen atoms in total. The molecule has 1 aromatic heterocycles. The summed E-state index contributed by atoms with van der Waals surface area (Å²) in [5, 5.41) is 13.3. The number of aliphatic hydroxyl groups excluding tert-OH is 1. The van der Waals surface area contributed by atoms with E-state index < -0.39 is 0 Å². The van der Waals surface area contributed by atoms with Gasteiger partial charge < -0.3 is 10.4 Å². The number of hydrogen-bond acceptors (Lipinski definition) is 3. The van der Waals surface area contributed by atoms with Crippen LogP contribution < -0.4 is 5.32 Å². The molecule has 2 N–H and O–H groups in total. The van der Waals surface area contributed by atoms with Crippen LogP contribution in [0.2, 0.25) is 5.02 Å². The first kappa shape index (κ1) is 8.94. The van der Waals surface area contributed by atoms with Crippen LogP contribution in [0.25, 0.3) is 0 Å². The summed E-state index contributed by atoms with van der Waals surface area (Å²) in [5.41, 5.74) is 0.905. The third-order valence-corrected chi connectivity index (χ3v) is 2.54. The maximum atomic E-state index is 9.58. The molecule has 0 bridgehead atoms. The van der Waals surface area contributed by atoms with Gasteiger partial charge in [-0.3, -0.25) is 4.98 Å². The third-order valence-electron chi connectivity index (χ3n) is 2.31. The SMILES string of the molecule is OC1CNCC1c1ccc(Cl)cn1. The van der Waals surface area contributed by atoms with Crippen LogP contribution in [-0.4, -0.2) is 29.3 Å². The summed E-state index contributed by atoms with van der Waals surface area (Å²) >= 11 is 5.71. The maximum Gasteiger partial charge on any atom is 0.0760 e. The second-order valence-electron chi connectivity index (χ2n) is 3.23. The van der Waals surface area contributed by atoms with Crippen molar-refractivity contribution in [2.24, 2.45) is 0 Å². The summed E-state index contributed by atoms with van der Waals surface area (Å²) in [4.78, 5) is 4.18. The van der Waals surface area contributed by atoms with E-state index in [4.69, 9.17) is 11.6 Å². The Morgan fingerprint density at radius 1 is 1.46 bits per heavy atom. The molecule has 1 aromatic rings. The molecule has 2 unspecified atom stereocenters. The molecule has 0 aromatic carbocycles. The predicted octanol–water partition coefficient (Wildman–Crippen LogP) is 0.783. The summed E-state index contributed by atoms with van der Waals surface area (Å²) in [7, 11) is 0. The second kappa shape index (κ2) is 3.62. The summed E-state index contributed by atoms with van der Waals surface area (Å²) in [6, 6.07) is 3.66. The van der Waals surface area contributed by atoms with Crippen molar-refractivity contribution in [3.8, 4) is 0 Å². The highest BCUT2D eigenvalue weighted by atomic mass is 35.5. The van der Waals surface area contributed by atoms with Gasteiger partial charge in [0.25, 0.3) is 0 Å². The van der Waals surface area contributed by atoms with E-state index in [0.29, 0.717) is 11.6 Å². The minimum absolute atomic E-state index is 0.109. The first-order valence-electron chi connectivity index (χ1n) is 4.27. The van der Waals surface area contributed by atoms with Gasteiger partial charge in [0.1, 0.15) is 0 Å². The van der Waals surface area contributed by atoms with Gasteiger partial charge in [-0.25, -0.2) is 0 Å². The molecule has 1 aliphatic heterocycles. The van der Waals surface area contributed by atoms with Gasteiger partial charge in [-0.15, -0.1) is 0 Å². The maximum absolute atomic E-state index is 9.58. The number of aliphatic hydroxyl groups is 1. The van der Waals surface area contributed by atoms with E-state index in [1.165, 1.54) is 0 Å². The van der Waals surface area contributed by atoms with Crippen molar-refractivity contribution in [1.82, 2.24) is 10.3 Å². The molecule has 1 saturated heterocycles. The van der Waals surface area contributed by atoms with Gasteiger partial charge in [-0.1, -0.05) is 11.6 Å². The molecule has 13 heavy (non-hydrogen) atoms. The van der Waals surface area contributed by atoms with Crippen molar-refractivity contribution in [3.63, 3.8) is 0 Å². The molecule has 0 amide bonds. The van der Waals surface area contributed by atoms with Crippen LogP contribution in [0.5, 0.6) is 0 Å². The summed E-state index contributed by atoms with van der Waals surface area (Å²) in [5.74, 6) is 0.109. The van der Waals surface area contributed by atoms with Crippen LogP contribution in [0.3, 0.4) is 0 Å². The standard InChI is InChI=1S/C9H11ClN2O/c10-6-1-2-8(12-3-6)7-4-11-5-9(7)13/h1-3,7,9,11,13H,4-5H2. The van der Waals surface area contributed by atoms with Gasteiger partial charge >= 0.3 is 0 Å². The molecule has 4 heteroatoms. The normalized spacial score (nSPS) is 27.8. The Morgan fingerprint density at radius 3 is 2.85 bits per heavy atom. The number of halogens is 1. The van der Waals surface area contributed by atoms with Crippen LogP contribution in [0.1, 0.15) is 11.6 Å². The van der Waals surface area contributed by atoms with Crippen LogP contribution in [0.15, 0.2) is 18.3 Å². The Kier molecular flexibility index (Phi) is 2.49. The van der Waals surface area contributed by atoms with Crippen LogP contribution in [0, 0.1) is 0 Å². The Bertz CT molecular complexity index is 288. The lowest BCUT2D eigenvalue weighted by molar-refractivity contribution is 0.176. The second-order valence-corrected chi connectivity index (χ2v) is 3.67. The van der Waals surface area contributed by atoms with E-state index in [1.807, 2.05) is 6.07 Å². The zero-order valence-corrected chi connectivity index (χ0v) is 7.83. The van der Waals surface area contributed by atoms with Gasteiger partial charge in [0.2, 0.25) is 0 Å². The minimum Gasteiger partial charge on any atom is -0.391 e. The minimum atomic E-state index is -0.325. The molecule has 0 aliphatic carbocycles. The molecule has 2 rings (SSSR count). The zero-order valence-electron chi connectivity index (χ0n) is 7.07. The lowest BCUT2D eigenvalue weighted by Gasteiger charge is -2.11. The largest absolute Gasteiger partial charge is 0.391 e. The monoisotopic (exact) mass is 198 g/mol. The first-order chi connectivity index (χ1) is 6.27. The van der Waals surface area contributed by atoms with E-state index in [-0.39, 0.29) is 12.0 Å². The number of β-amino-alcohol motifs (C(OH)–C–C–N with tert-alkyl or cyclic N) is 1. The molecule has 1 fully saturated rings. The molecular formula is C9H11ClN2O. The number of rotatable bonds is 1. The van der Waals surface area contributed by atoms with E-state index in [1.54, 1.807) is 12.3 Å².